The van der Waals surface area contributed by atoms with Crippen molar-refractivity contribution in [2.75, 3.05) is 13.2 Å². The van der Waals surface area contributed by atoms with E-state index in [9.17, 15) is 28.5 Å². The first kappa shape index (κ1) is 30.9. The number of aromatic amines is 1. The van der Waals surface area contributed by atoms with E-state index in [4.69, 9.17) is 13.8 Å². The van der Waals surface area contributed by atoms with Crippen LogP contribution in [0, 0.1) is 6.92 Å². The molecule has 0 saturated carbocycles. The molecule has 0 bridgehead atoms. The fourth-order valence-electron chi connectivity index (χ4n) is 3.63. The molecular weight excluding hydrogens is 514 g/mol. The number of unbranched alkanes of at least 4 members (excludes halogenated alkanes) is 9. The van der Waals surface area contributed by atoms with Gasteiger partial charge in [-0.3, -0.25) is 23.4 Å². The number of phosphoric acid groups is 2. The second-order valence-corrected chi connectivity index (χ2v) is 11.8. The Morgan fingerprint density at radius 2 is 1.53 bits per heavy atom. The second-order valence-electron chi connectivity index (χ2n) is 8.76. The van der Waals surface area contributed by atoms with Crippen LogP contribution in [-0.4, -0.2) is 38.7 Å². The zero-order valence-corrected chi connectivity index (χ0v) is 22.7. The first-order chi connectivity index (χ1) is 17.0. The van der Waals surface area contributed by atoms with Gasteiger partial charge in [0.1, 0.15) is 6.10 Å². The Labute approximate surface area is 210 Å². The topological polar surface area (TPSA) is 166 Å². The summed E-state index contributed by atoms with van der Waals surface area (Å²) >= 11 is 0. The minimum absolute atomic E-state index is 0.0895. The quantitative estimate of drug-likeness (QED) is 0.134. The molecule has 0 aromatic carbocycles. The molecule has 4 atom stereocenters. The van der Waals surface area contributed by atoms with Crippen LogP contribution in [0.1, 0.15) is 82.9 Å². The summed E-state index contributed by atoms with van der Waals surface area (Å²) in [6.45, 7) is 3.13. The van der Waals surface area contributed by atoms with E-state index in [0.717, 1.165) is 23.8 Å². The van der Waals surface area contributed by atoms with E-state index in [1.807, 2.05) is 0 Å². The summed E-state index contributed by atoms with van der Waals surface area (Å²) in [5.74, 6) is 0. The van der Waals surface area contributed by atoms with Crippen LogP contribution < -0.4 is 11.2 Å². The van der Waals surface area contributed by atoms with Gasteiger partial charge in [0.15, 0.2) is 6.23 Å². The molecule has 12 nitrogen and oxygen atoms in total. The summed E-state index contributed by atoms with van der Waals surface area (Å²) in [4.78, 5) is 45.2. The predicted octanol–water partition coefficient (Wildman–Crippen LogP) is 4.47. The van der Waals surface area contributed by atoms with Gasteiger partial charge >= 0.3 is 21.3 Å². The summed E-state index contributed by atoms with van der Waals surface area (Å²) in [6, 6.07) is 0. The highest BCUT2D eigenvalue weighted by atomic mass is 31.3. The van der Waals surface area contributed by atoms with Crippen molar-refractivity contribution >= 4 is 15.6 Å². The maximum atomic E-state index is 12.1. The monoisotopic (exact) mass is 552 g/mol. The Hall–Kier alpha value is -1.36. The molecule has 2 unspecified atom stereocenters. The number of ether oxygens (including phenoxy) is 1. The molecule has 2 heterocycles. The molecule has 1 aliphatic rings. The van der Waals surface area contributed by atoms with E-state index in [2.05, 4.69) is 16.2 Å². The molecule has 0 radical (unpaired) electrons. The first-order valence-corrected chi connectivity index (χ1v) is 15.3. The lowest BCUT2D eigenvalue weighted by Crippen LogP contribution is -2.33. The highest BCUT2D eigenvalue weighted by Crippen LogP contribution is 2.60. The highest BCUT2D eigenvalue weighted by molar-refractivity contribution is 7.61. The van der Waals surface area contributed by atoms with Crippen molar-refractivity contribution in [1.82, 2.24) is 9.55 Å². The van der Waals surface area contributed by atoms with Crippen LogP contribution in [0.25, 0.3) is 0 Å². The summed E-state index contributed by atoms with van der Waals surface area (Å²) in [5.41, 5.74) is -0.893. The average molecular weight is 552 g/mol. The molecule has 1 aliphatic heterocycles. The summed E-state index contributed by atoms with van der Waals surface area (Å²) in [7, 11) is -9.74. The van der Waals surface area contributed by atoms with Gasteiger partial charge < -0.3 is 14.5 Å². The van der Waals surface area contributed by atoms with Gasteiger partial charge in [-0.25, -0.2) is 13.9 Å². The lowest BCUT2D eigenvalue weighted by molar-refractivity contribution is -0.0107. The molecule has 0 spiro atoms. The second kappa shape index (κ2) is 15.1. The van der Waals surface area contributed by atoms with E-state index >= 15 is 0 Å². The minimum Gasteiger partial charge on any atom is -0.344 e. The number of nitrogens with one attached hydrogen (secondary N) is 1. The van der Waals surface area contributed by atoms with Crippen molar-refractivity contribution in [2.45, 2.75) is 90.4 Å². The van der Waals surface area contributed by atoms with Crippen molar-refractivity contribution < 1.29 is 37.0 Å². The fourth-order valence-corrected chi connectivity index (χ4v) is 5.75. The van der Waals surface area contributed by atoms with Gasteiger partial charge in [-0.2, -0.15) is 4.31 Å². The zero-order chi connectivity index (χ0) is 26.6. The number of aryl methyl sites for hydroxylation is 1. The third kappa shape index (κ3) is 11.4. The number of rotatable bonds is 18. The first-order valence-electron chi connectivity index (χ1n) is 12.3. The summed E-state index contributed by atoms with van der Waals surface area (Å²) in [5, 5.41) is 0. The van der Waals surface area contributed by atoms with Gasteiger partial charge in [0.25, 0.3) is 5.56 Å². The Balaban J connectivity index is 1.65. The Bertz CT molecular complexity index is 1050. The Kier molecular flexibility index (Phi) is 13.0. The predicted molar refractivity (Wildman–Crippen MR) is 134 cm³/mol. The normalized spacial score (nSPS) is 20.9. The number of hydrogen-bond donors (Lipinski definition) is 3. The molecule has 0 aliphatic carbocycles. The van der Waals surface area contributed by atoms with E-state index in [0.29, 0.717) is 12.0 Å². The molecule has 2 rings (SSSR count). The van der Waals surface area contributed by atoms with Crippen molar-refractivity contribution in [1.29, 1.82) is 0 Å². The molecule has 0 fully saturated rings. The highest BCUT2D eigenvalue weighted by Gasteiger charge is 2.36. The van der Waals surface area contributed by atoms with Gasteiger partial charge in [-0.1, -0.05) is 70.8 Å². The number of H-pyrrole nitrogens is 1. The van der Waals surface area contributed by atoms with Gasteiger partial charge in [0, 0.05) is 11.8 Å². The lowest BCUT2D eigenvalue weighted by atomic mass is 10.1. The van der Waals surface area contributed by atoms with E-state index < -0.39 is 45.8 Å². The minimum atomic E-state index is -4.93. The summed E-state index contributed by atoms with van der Waals surface area (Å²) < 4.78 is 44.7. The lowest BCUT2D eigenvalue weighted by Gasteiger charge is -2.19. The van der Waals surface area contributed by atoms with Gasteiger partial charge in [-0.15, -0.1) is 0 Å². The van der Waals surface area contributed by atoms with Crippen LogP contribution >= 0.6 is 15.6 Å². The molecule has 3 N–H and O–H groups in total. The Morgan fingerprint density at radius 1 is 0.944 bits per heavy atom. The average Bonchev–Trinajstić information content (AvgIpc) is 3.27. The van der Waals surface area contributed by atoms with Gasteiger partial charge in [-0.05, 0) is 19.4 Å². The number of nitrogens with zero attached hydrogens (tertiary/aromatic N) is 1. The Morgan fingerprint density at radius 3 is 2.17 bits per heavy atom. The molecule has 206 valence electrons. The third-order valence-electron chi connectivity index (χ3n) is 5.59. The molecule has 36 heavy (non-hydrogen) atoms. The molecule has 0 amide bonds. The standard InChI is InChI=1S/C22H38N2O10P2/c1-3-4-5-6-7-8-9-10-11-12-15-31-35(27,28)34-36(29,30)32-17-19-13-14-20(33-19)24-16-18(2)21(25)23-22(24)26/h13-14,16,19-20H,3-12,15,17H2,1-2H3,(H,27,28)(H,29,30)(H,23,25,26)/t19-,20+/m0/s1. The fraction of sp³-hybridized carbons (Fsp3) is 0.727. The van der Waals surface area contributed by atoms with E-state index in [1.165, 1.54) is 63.8 Å². The molecular formula is C22H38N2O10P2. The molecule has 1 aromatic rings. The maximum absolute atomic E-state index is 12.1. The van der Waals surface area contributed by atoms with Crippen molar-refractivity contribution in [2.24, 2.45) is 0 Å². The molecule has 1 aromatic heterocycles. The number of hydrogen-bond acceptors (Lipinski definition) is 8. The van der Waals surface area contributed by atoms with Crippen LogP contribution in [0.3, 0.4) is 0 Å². The van der Waals surface area contributed by atoms with Crippen molar-refractivity contribution in [3.8, 4) is 0 Å². The van der Waals surface area contributed by atoms with Crippen LogP contribution in [0.15, 0.2) is 27.9 Å². The summed E-state index contributed by atoms with van der Waals surface area (Å²) in [6.07, 6.45) is 13.4. The third-order valence-corrected chi connectivity index (χ3v) is 8.22. The zero-order valence-electron chi connectivity index (χ0n) is 20.9. The molecule has 14 heteroatoms. The van der Waals surface area contributed by atoms with E-state index in [-0.39, 0.29) is 6.61 Å². The van der Waals surface area contributed by atoms with E-state index in [1.54, 1.807) is 0 Å². The van der Waals surface area contributed by atoms with Crippen molar-refractivity contribution in [3.05, 3.63) is 44.8 Å². The largest absolute Gasteiger partial charge is 0.481 e. The number of aromatic nitrogens is 2. The van der Waals surface area contributed by atoms with Gasteiger partial charge in [0.05, 0.1) is 13.2 Å². The van der Waals surface area contributed by atoms with Crippen LogP contribution in [0.5, 0.6) is 0 Å². The molecule has 0 saturated heterocycles. The van der Waals surface area contributed by atoms with Gasteiger partial charge in [0.2, 0.25) is 0 Å². The number of phosphoric ester groups is 2. The van der Waals surface area contributed by atoms with Crippen LogP contribution in [0.2, 0.25) is 0 Å². The van der Waals surface area contributed by atoms with Crippen LogP contribution in [-0.2, 0) is 27.2 Å². The SMILES string of the molecule is CCCCCCCCCCCCOP(=O)(O)OP(=O)(O)OC[C@@H]1C=C[C@H](n2cc(C)c(=O)[nH]c2=O)O1. The van der Waals surface area contributed by atoms with Crippen molar-refractivity contribution in [3.63, 3.8) is 0 Å². The maximum Gasteiger partial charge on any atom is 0.481 e. The smallest absolute Gasteiger partial charge is 0.344 e. The van der Waals surface area contributed by atoms with Crippen LogP contribution in [0.4, 0.5) is 0 Å².